The number of ether oxygens (including phenoxy) is 2. The zero-order chi connectivity index (χ0) is 23.1. The van der Waals surface area contributed by atoms with Crippen LogP contribution in [-0.2, 0) is 10.0 Å². The molecule has 0 unspecified atom stereocenters. The number of carbonyl (C=O) groups excluding carboxylic acids is 1. The number of amides is 1. The highest BCUT2D eigenvalue weighted by Crippen LogP contribution is 2.32. The molecule has 4 rings (SSSR count). The van der Waals surface area contributed by atoms with Crippen molar-refractivity contribution in [3.63, 3.8) is 0 Å². The molecule has 0 atom stereocenters. The third kappa shape index (κ3) is 6.39. The Morgan fingerprint density at radius 2 is 1.64 bits per heavy atom. The maximum absolute atomic E-state index is 12.8. The molecule has 9 heteroatoms. The van der Waals surface area contributed by atoms with Gasteiger partial charge < -0.3 is 19.7 Å². The molecule has 2 aliphatic heterocycles. The Kier molecular flexibility index (Phi) is 7.72. The van der Waals surface area contributed by atoms with Crippen molar-refractivity contribution in [2.75, 3.05) is 44.1 Å². The minimum absolute atomic E-state index is 0.0854. The largest absolute Gasteiger partial charge is 0.490 e. The minimum Gasteiger partial charge on any atom is -0.490 e. The number of hydrogen-bond donors (Lipinski definition) is 2. The number of fused-ring (bicyclic) bond motifs is 1. The van der Waals surface area contributed by atoms with E-state index in [1.807, 2.05) is 0 Å². The fourth-order valence-corrected chi connectivity index (χ4v) is 5.08. The first-order valence-electron chi connectivity index (χ1n) is 11.5. The van der Waals surface area contributed by atoms with Crippen LogP contribution in [-0.4, -0.2) is 58.6 Å². The number of benzene rings is 2. The highest BCUT2D eigenvalue weighted by molar-refractivity contribution is 7.92. The monoisotopic (exact) mass is 473 g/mol. The molecule has 0 aromatic heterocycles. The number of nitrogens with one attached hydrogen (secondary N) is 2. The Hall–Kier alpha value is -2.78. The van der Waals surface area contributed by atoms with E-state index in [1.165, 1.54) is 31.4 Å². The van der Waals surface area contributed by atoms with E-state index < -0.39 is 10.0 Å². The van der Waals surface area contributed by atoms with Crippen LogP contribution in [0.4, 0.5) is 5.69 Å². The fourth-order valence-electron chi connectivity index (χ4n) is 4.00. The quantitative estimate of drug-likeness (QED) is 0.572. The van der Waals surface area contributed by atoms with Crippen molar-refractivity contribution in [1.29, 1.82) is 0 Å². The second kappa shape index (κ2) is 10.9. The second-order valence-electron chi connectivity index (χ2n) is 8.35. The highest BCUT2D eigenvalue weighted by atomic mass is 32.2. The van der Waals surface area contributed by atoms with E-state index in [0.29, 0.717) is 42.5 Å². The van der Waals surface area contributed by atoms with Gasteiger partial charge in [-0.2, -0.15) is 0 Å². The van der Waals surface area contributed by atoms with Gasteiger partial charge in [0.05, 0.1) is 18.1 Å². The number of rotatable bonds is 8. The Morgan fingerprint density at radius 1 is 0.909 bits per heavy atom. The van der Waals surface area contributed by atoms with Gasteiger partial charge >= 0.3 is 0 Å². The van der Waals surface area contributed by atoms with Crippen LogP contribution in [0.25, 0.3) is 0 Å². The van der Waals surface area contributed by atoms with E-state index in [2.05, 4.69) is 14.9 Å². The SMILES string of the molecule is O=C(NCCCN1CCCCC1)c1ccc(NS(=O)(=O)c2ccc3c(c2)OCCCO3)cc1. The number of piperidine rings is 1. The van der Waals surface area contributed by atoms with E-state index in [1.54, 1.807) is 30.3 Å². The van der Waals surface area contributed by atoms with Crippen LogP contribution in [0.15, 0.2) is 47.4 Å². The first kappa shape index (κ1) is 23.4. The van der Waals surface area contributed by atoms with Gasteiger partial charge in [-0.25, -0.2) is 8.42 Å². The van der Waals surface area contributed by atoms with Crippen LogP contribution in [0.2, 0.25) is 0 Å². The van der Waals surface area contributed by atoms with E-state index in [4.69, 9.17) is 9.47 Å². The highest BCUT2D eigenvalue weighted by Gasteiger charge is 2.19. The average Bonchev–Trinajstić information content (AvgIpc) is 3.07. The molecular formula is C24H31N3O5S. The summed E-state index contributed by atoms with van der Waals surface area (Å²) in [5.41, 5.74) is 0.871. The van der Waals surface area contributed by atoms with Gasteiger partial charge in [-0.3, -0.25) is 9.52 Å². The van der Waals surface area contributed by atoms with E-state index in [9.17, 15) is 13.2 Å². The van der Waals surface area contributed by atoms with Crippen LogP contribution in [0.3, 0.4) is 0 Å². The molecule has 0 bridgehead atoms. The normalized spacial score (nSPS) is 16.6. The Bertz CT molecular complexity index is 1050. The zero-order valence-electron chi connectivity index (χ0n) is 18.7. The molecule has 2 aromatic carbocycles. The van der Waals surface area contributed by atoms with Crippen LogP contribution >= 0.6 is 0 Å². The number of carbonyl (C=O) groups is 1. The number of likely N-dealkylation sites (tertiary alicyclic amines) is 1. The Labute approximate surface area is 195 Å². The smallest absolute Gasteiger partial charge is 0.262 e. The van der Waals surface area contributed by atoms with E-state index >= 15 is 0 Å². The molecule has 1 saturated heterocycles. The number of hydrogen-bond acceptors (Lipinski definition) is 6. The first-order valence-corrected chi connectivity index (χ1v) is 13.0. The molecular weight excluding hydrogens is 442 g/mol. The topological polar surface area (TPSA) is 97.0 Å². The summed E-state index contributed by atoms with van der Waals surface area (Å²) in [6, 6.07) is 11.0. The molecule has 2 aliphatic rings. The molecule has 33 heavy (non-hydrogen) atoms. The van der Waals surface area contributed by atoms with Gasteiger partial charge in [0, 0.05) is 30.3 Å². The van der Waals surface area contributed by atoms with Crippen molar-refractivity contribution >= 4 is 21.6 Å². The summed E-state index contributed by atoms with van der Waals surface area (Å²) in [7, 11) is -3.81. The third-order valence-corrected chi connectivity index (χ3v) is 7.19. The van der Waals surface area contributed by atoms with Crippen LogP contribution in [0, 0.1) is 0 Å². The van der Waals surface area contributed by atoms with Crippen LogP contribution in [0.1, 0.15) is 42.5 Å². The predicted molar refractivity (Wildman–Crippen MR) is 127 cm³/mol. The van der Waals surface area contributed by atoms with Gasteiger partial charge in [0.1, 0.15) is 0 Å². The Morgan fingerprint density at radius 3 is 2.39 bits per heavy atom. The van der Waals surface area contributed by atoms with Crippen LogP contribution < -0.4 is 19.5 Å². The van der Waals surface area contributed by atoms with Crippen molar-refractivity contribution in [3.05, 3.63) is 48.0 Å². The lowest BCUT2D eigenvalue weighted by Crippen LogP contribution is -2.33. The first-order chi connectivity index (χ1) is 16.0. The van der Waals surface area contributed by atoms with E-state index in [0.717, 1.165) is 32.5 Å². The van der Waals surface area contributed by atoms with Crippen molar-refractivity contribution in [2.24, 2.45) is 0 Å². The molecule has 2 aromatic rings. The maximum atomic E-state index is 12.8. The number of sulfonamides is 1. The van der Waals surface area contributed by atoms with Gasteiger partial charge in [-0.1, -0.05) is 6.42 Å². The Balaban J connectivity index is 1.30. The third-order valence-electron chi connectivity index (χ3n) is 5.81. The summed E-state index contributed by atoms with van der Waals surface area (Å²) in [5.74, 6) is 0.798. The molecule has 2 N–H and O–H groups in total. The van der Waals surface area contributed by atoms with Crippen molar-refractivity contribution in [1.82, 2.24) is 10.2 Å². The number of anilines is 1. The van der Waals surface area contributed by atoms with Crippen molar-refractivity contribution in [2.45, 2.75) is 37.0 Å². The predicted octanol–water partition coefficient (Wildman–Crippen LogP) is 3.25. The molecule has 178 valence electrons. The summed E-state index contributed by atoms with van der Waals surface area (Å²) in [4.78, 5) is 14.9. The lowest BCUT2D eigenvalue weighted by atomic mass is 10.1. The lowest BCUT2D eigenvalue weighted by Gasteiger charge is -2.26. The minimum atomic E-state index is -3.81. The summed E-state index contributed by atoms with van der Waals surface area (Å²) in [6.07, 6.45) is 5.50. The number of nitrogens with zero attached hydrogens (tertiary/aromatic N) is 1. The van der Waals surface area contributed by atoms with Gasteiger partial charge in [0.2, 0.25) is 0 Å². The fraction of sp³-hybridized carbons (Fsp3) is 0.458. The molecule has 1 amide bonds. The van der Waals surface area contributed by atoms with E-state index in [-0.39, 0.29) is 10.8 Å². The average molecular weight is 474 g/mol. The van der Waals surface area contributed by atoms with Gasteiger partial charge in [-0.15, -0.1) is 0 Å². The molecule has 0 aliphatic carbocycles. The molecule has 0 spiro atoms. The summed E-state index contributed by atoms with van der Waals surface area (Å²) >= 11 is 0. The summed E-state index contributed by atoms with van der Waals surface area (Å²) in [5, 5.41) is 2.94. The molecule has 0 saturated carbocycles. The van der Waals surface area contributed by atoms with Gasteiger partial charge in [0.25, 0.3) is 15.9 Å². The van der Waals surface area contributed by atoms with Gasteiger partial charge in [0.15, 0.2) is 11.5 Å². The molecule has 8 nitrogen and oxygen atoms in total. The second-order valence-corrected chi connectivity index (χ2v) is 10.0. The summed E-state index contributed by atoms with van der Waals surface area (Å²) < 4.78 is 39.3. The van der Waals surface area contributed by atoms with Gasteiger partial charge in [-0.05, 0) is 75.3 Å². The molecule has 0 radical (unpaired) electrons. The van der Waals surface area contributed by atoms with Crippen LogP contribution in [0.5, 0.6) is 11.5 Å². The summed E-state index contributed by atoms with van der Waals surface area (Å²) in [6.45, 7) is 4.94. The van der Waals surface area contributed by atoms with Crippen molar-refractivity contribution < 1.29 is 22.7 Å². The molecule has 2 heterocycles. The maximum Gasteiger partial charge on any atom is 0.262 e. The lowest BCUT2D eigenvalue weighted by molar-refractivity contribution is 0.0951. The van der Waals surface area contributed by atoms with Crippen molar-refractivity contribution in [3.8, 4) is 11.5 Å². The zero-order valence-corrected chi connectivity index (χ0v) is 19.5. The molecule has 1 fully saturated rings. The standard InChI is InChI=1S/C24H31N3O5S/c28-24(25-12-4-15-27-13-2-1-3-14-27)19-6-8-20(9-7-19)26-33(29,30)21-10-11-22-23(18-21)32-17-5-16-31-22/h6-11,18,26H,1-5,12-17H2,(H,25,28).